The third-order valence-electron chi connectivity index (χ3n) is 6.29. The topological polar surface area (TPSA) is 36.9 Å². The molecule has 0 fully saturated rings. The summed E-state index contributed by atoms with van der Waals surface area (Å²) in [7, 11) is 1.64. The van der Waals surface area contributed by atoms with Gasteiger partial charge in [-0.15, -0.1) is 0 Å². The summed E-state index contributed by atoms with van der Waals surface area (Å²) in [6.07, 6.45) is 30.9. The second kappa shape index (κ2) is 30.5. The molecule has 0 rings (SSSR count). The average molecular weight is 485 g/mol. The lowest BCUT2D eigenvalue weighted by Gasteiger charge is -2.19. The zero-order valence-corrected chi connectivity index (χ0v) is 23.3. The first kappa shape index (κ1) is 33.4. The second-order valence-corrected chi connectivity index (χ2v) is 9.70. The minimum atomic E-state index is 0.0197. The van der Waals surface area contributed by atoms with Gasteiger partial charge in [0.25, 0.3) is 0 Å². The highest BCUT2D eigenvalue weighted by molar-refractivity contribution is 4.72. The maximum absolute atomic E-state index is 6.13. The van der Waals surface area contributed by atoms with Crippen LogP contribution in [0, 0.1) is 0 Å². The van der Waals surface area contributed by atoms with E-state index in [9.17, 15) is 0 Å². The first-order valence-electron chi connectivity index (χ1n) is 14.8. The van der Waals surface area contributed by atoms with Gasteiger partial charge in [-0.3, -0.25) is 0 Å². The molecule has 0 spiro atoms. The van der Waals surface area contributed by atoms with Crippen LogP contribution in [0.25, 0.3) is 0 Å². The zero-order valence-electron chi connectivity index (χ0n) is 23.3. The molecule has 0 aromatic rings. The fourth-order valence-corrected chi connectivity index (χ4v) is 4.11. The van der Waals surface area contributed by atoms with E-state index in [1.807, 2.05) is 0 Å². The monoisotopic (exact) mass is 484 g/mol. The van der Waals surface area contributed by atoms with Crippen LogP contribution in [0.2, 0.25) is 0 Å². The van der Waals surface area contributed by atoms with Crippen molar-refractivity contribution < 1.29 is 18.9 Å². The third kappa shape index (κ3) is 27.7. The Morgan fingerprint density at radius 2 is 1.03 bits per heavy atom. The van der Waals surface area contributed by atoms with Crippen molar-refractivity contribution in [2.24, 2.45) is 0 Å². The van der Waals surface area contributed by atoms with E-state index >= 15 is 0 Å². The molecule has 0 aliphatic heterocycles. The Kier molecular flexibility index (Phi) is 29.9. The van der Waals surface area contributed by atoms with E-state index < -0.39 is 0 Å². The molecule has 0 aliphatic carbocycles. The molecule has 0 heterocycles. The first-order valence-corrected chi connectivity index (χ1v) is 14.8. The molecular formula is C30H60O4. The number of rotatable bonds is 29. The fourth-order valence-electron chi connectivity index (χ4n) is 4.11. The van der Waals surface area contributed by atoms with Crippen molar-refractivity contribution in [3.63, 3.8) is 0 Å². The van der Waals surface area contributed by atoms with Crippen molar-refractivity contribution in [2.45, 2.75) is 155 Å². The first-order chi connectivity index (χ1) is 16.8. The minimum Gasteiger partial charge on any atom is -0.476 e. The molecule has 0 saturated heterocycles. The zero-order chi connectivity index (χ0) is 24.8. The number of ether oxygens (including phenoxy) is 4. The van der Waals surface area contributed by atoms with Crippen LogP contribution in [0.1, 0.15) is 149 Å². The summed E-state index contributed by atoms with van der Waals surface area (Å²) in [6, 6.07) is 0. The van der Waals surface area contributed by atoms with E-state index in [0.29, 0.717) is 6.79 Å². The third-order valence-corrected chi connectivity index (χ3v) is 6.29. The maximum atomic E-state index is 6.13. The van der Waals surface area contributed by atoms with E-state index in [4.69, 9.17) is 18.9 Å². The molecule has 4 heteroatoms. The van der Waals surface area contributed by atoms with Crippen LogP contribution in [0.3, 0.4) is 0 Å². The molecule has 0 N–H and O–H groups in total. The standard InChI is InChI=1S/C30H60O4/c1-4-6-8-18-23-27-33-30(34-28-24-19-9-7-5-2)25-21-17-15-13-11-10-12-14-16-20-22-26-32-29-31-3/h22,26,30H,4-21,23-25,27-29H2,1-3H3. The molecule has 0 amide bonds. The molecule has 0 unspecified atom stereocenters. The van der Waals surface area contributed by atoms with Crippen LogP contribution < -0.4 is 0 Å². The normalized spacial score (nSPS) is 11.8. The maximum Gasteiger partial charge on any atom is 0.187 e. The van der Waals surface area contributed by atoms with Crippen LogP contribution >= 0.6 is 0 Å². The molecule has 0 aliphatic rings. The molecular weight excluding hydrogens is 424 g/mol. The molecule has 0 bridgehead atoms. The molecule has 4 nitrogen and oxygen atoms in total. The van der Waals surface area contributed by atoms with Gasteiger partial charge in [-0.25, -0.2) is 0 Å². The smallest absolute Gasteiger partial charge is 0.187 e. The van der Waals surface area contributed by atoms with E-state index in [0.717, 1.165) is 26.1 Å². The van der Waals surface area contributed by atoms with E-state index in [-0.39, 0.29) is 6.29 Å². The predicted octanol–water partition coefficient (Wildman–Crippen LogP) is 9.71. The number of allylic oxidation sites excluding steroid dienone is 1. The lowest BCUT2D eigenvalue weighted by Crippen LogP contribution is -2.19. The SMILES string of the molecule is CCCCCCCOC(CCCCCCCCCCCC=COCOC)OCCCCCCC. The second-order valence-electron chi connectivity index (χ2n) is 9.70. The van der Waals surface area contributed by atoms with Gasteiger partial charge >= 0.3 is 0 Å². The highest BCUT2D eigenvalue weighted by atomic mass is 16.7. The predicted molar refractivity (Wildman–Crippen MR) is 146 cm³/mol. The summed E-state index contributed by atoms with van der Waals surface area (Å²) in [5.74, 6) is 0. The Balaban J connectivity index is 3.69. The molecule has 0 radical (unpaired) electrons. The van der Waals surface area contributed by atoms with Gasteiger partial charge in [0, 0.05) is 20.3 Å². The van der Waals surface area contributed by atoms with Gasteiger partial charge in [0.15, 0.2) is 13.1 Å². The van der Waals surface area contributed by atoms with Crippen LogP contribution in [0.4, 0.5) is 0 Å². The quantitative estimate of drug-likeness (QED) is 0.0601. The lowest BCUT2D eigenvalue weighted by molar-refractivity contribution is -0.148. The summed E-state index contributed by atoms with van der Waals surface area (Å²) in [4.78, 5) is 0. The van der Waals surface area contributed by atoms with Crippen molar-refractivity contribution in [2.75, 3.05) is 27.1 Å². The Morgan fingerprint density at radius 1 is 0.559 bits per heavy atom. The van der Waals surface area contributed by atoms with Crippen molar-refractivity contribution in [3.05, 3.63) is 12.3 Å². The van der Waals surface area contributed by atoms with Crippen LogP contribution in [-0.4, -0.2) is 33.4 Å². The van der Waals surface area contributed by atoms with Crippen molar-refractivity contribution >= 4 is 0 Å². The average Bonchev–Trinajstić information content (AvgIpc) is 2.85. The molecule has 0 aromatic heterocycles. The number of unbranched alkanes of at least 4 members (excludes halogenated alkanes) is 17. The summed E-state index contributed by atoms with van der Waals surface area (Å²) < 4.78 is 22.2. The lowest BCUT2D eigenvalue weighted by atomic mass is 10.1. The van der Waals surface area contributed by atoms with Gasteiger partial charge in [-0.2, -0.15) is 0 Å². The molecule has 0 aromatic carbocycles. The van der Waals surface area contributed by atoms with Crippen LogP contribution in [0.5, 0.6) is 0 Å². The highest BCUT2D eigenvalue weighted by Crippen LogP contribution is 2.15. The van der Waals surface area contributed by atoms with Gasteiger partial charge in [0.1, 0.15) is 0 Å². The van der Waals surface area contributed by atoms with E-state index in [1.165, 1.54) is 122 Å². The Hall–Kier alpha value is -0.580. The fraction of sp³-hybridized carbons (Fsp3) is 0.933. The Morgan fingerprint density at radius 3 is 1.56 bits per heavy atom. The van der Waals surface area contributed by atoms with Crippen LogP contribution in [0.15, 0.2) is 12.3 Å². The summed E-state index contributed by atoms with van der Waals surface area (Å²) in [6.45, 7) is 6.60. The molecule has 34 heavy (non-hydrogen) atoms. The number of hydrogen-bond donors (Lipinski definition) is 0. The minimum absolute atomic E-state index is 0.0197. The molecule has 0 atom stereocenters. The molecule has 0 saturated carbocycles. The molecule has 204 valence electrons. The van der Waals surface area contributed by atoms with Gasteiger partial charge < -0.3 is 18.9 Å². The van der Waals surface area contributed by atoms with Crippen LogP contribution in [-0.2, 0) is 18.9 Å². The van der Waals surface area contributed by atoms with Gasteiger partial charge in [0.05, 0.1) is 6.26 Å². The van der Waals surface area contributed by atoms with Crippen molar-refractivity contribution in [1.82, 2.24) is 0 Å². The van der Waals surface area contributed by atoms with Gasteiger partial charge in [-0.1, -0.05) is 110 Å². The van der Waals surface area contributed by atoms with E-state index in [2.05, 4.69) is 19.9 Å². The van der Waals surface area contributed by atoms with Gasteiger partial charge in [-0.05, 0) is 44.6 Å². The van der Waals surface area contributed by atoms with Crippen molar-refractivity contribution in [3.8, 4) is 0 Å². The summed E-state index contributed by atoms with van der Waals surface area (Å²) >= 11 is 0. The van der Waals surface area contributed by atoms with Gasteiger partial charge in [0.2, 0.25) is 0 Å². The highest BCUT2D eigenvalue weighted by Gasteiger charge is 2.09. The number of hydrogen-bond acceptors (Lipinski definition) is 4. The summed E-state index contributed by atoms with van der Waals surface area (Å²) in [5, 5.41) is 0. The van der Waals surface area contributed by atoms with Crippen molar-refractivity contribution in [1.29, 1.82) is 0 Å². The Bertz CT molecular complexity index is 370. The summed E-state index contributed by atoms with van der Waals surface area (Å²) in [5.41, 5.74) is 0. The number of methoxy groups -OCH3 is 1. The Labute approximate surface area is 213 Å². The van der Waals surface area contributed by atoms with E-state index in [1.54, 1.807) is 13.4 Å². The largest absolute Gasteiger partial charge is 0.476 e.